The Kier molecular flexibility index (Phi) is 3.88. The molecule has 1 aromatic rings. The topological polar surface area (TPSA) is 48.4 Å². The average molecular weight is 223 g/mol. The minimum atomic E-state index is -0.462. The SMILES string of the molecule is COc1cccc(CC(=O)OC(C)(C)C)n1. The maximum absolute atomic E-state index is 11.5. The molecule has 0 spiro atoms. The molecular formula is C12H17NO3. The lowest BCUT2D eigenvalue weighted by Crippen LogP contribution is -2.25. The van der Waals surface area contributed by atoms with Gasteiger partial charge in [0.25, 0.3) is 0 Å². The Morgan fingerprint density at radius 3 is 2.62 bits per heavy atom. The Balaban J connectivity index is 2.62. The van der Waals surface area contributed by atoms with Gasteiger partial charge in [-0.15, -0.1) is 0 Å². The van der Waals surface area contributed by atoms with Crippen molar-refractivity contribution in [1.82, 2.24) is 4.98 Å². The maximum atomic E-state index is 11.5. The van der Waals surface area contributed by atoms with Gasteiger partial charge in [0.05, 0.1) is 19.2 Å². The lowest BCUT2D eigenvalue weighted by molar-refractivity contribution is -0.153. The minimum Gasteiger partial charge on any atom is -0.481 e. The van der Waals surface area contributed by atoms with Gasteiger partial charge in [0.2, 0.25) is 5.88 Å². The third kappa shape index (κ3) is 4.29. The Morgan fingerprint density at radius 1 is 1.38 bits per heavy atom. The molecule has 1 heterocycles. The summed E-state index contributed by atoms with van der Waals surface area (Å²) in [5.41, 5.74) is 0.185. The first-order chi connectivity index (χ1) is 7.40. The molecule has 1 rings (SSSR count). The molecule has 0 fully saturated rings. The molecule has 0 aliphatic rings. The zero-order valence-corrected chi connectivity index (χ0v) is 10.1. The Hall–Kier alpha value is -1.58. The monoisotopic (exact) mass is 223 g/mol. The van der Waals surface area contributed by atoms with Crippen LogP contribution < -0.4 is 4.74 Å². The van der Waals surface area contributed by atoms with Gasteiger partial charge in [0.1, 0.15) is 5.60 Å². The third-order valence-corrected chi connectivity index (χ3v) is 1.74. The fourth-order valence-electron chi connectivity index (χ4n) is 1.20. The second-order valence-electron chi connectivity index (χ2n) is 4.43. The van der Waals surface area contributed by atoms with E-state index in [1.165, 1.54) is 0 Å². The van der Waals surface area contributed by atoms with Crippen LogP contribution in [0.5, 0.6) is 5.88 Å². The van der Waals surface area contributed by atoms with Crippen molar-refractivity contribution < 1.29 is 14.3 Å². The van der Waals surface area contributed by atoms with Crippen molar-refractivity contribution in [3.8, 4) is 5.88 Å². The van der Waals surface area contributed by atoms with Crippen LogP contribution in [0, 0.1) is 0 Å². The number of aromatic nitrogens is 1. The molecule has 1 aromatic heterocycles. The summed E-state index contributed by atoms with van der Waals surface area (Å²) in [7, 11) is 1.54. The Labute approximate surface area is 95.6 Å². The highest BCUT2D eigenvalue weighted by Gasteiger charge is 2.16. The zero-order valence-electron chi connectivity index (χ0n) is 10.1. The number of hydrogen-bond acceptors (Lipinski definition) is 4. The van der Waals surface area contributed by atoms with Crippen molar-refractivity contribution >= 4 is 5.97 Å². The molecule has 0 atom stereocenters. The molecule has 0 aliphatic carbocycles. The molecule has 16 heavy (non-hydrogen) atoms. The maximum Gasteiger partial charge on any atom is 0.312 e. The van der Waals surface area contributed by atoms with Crippen molar-refractivity contribution in [2.45, 2.75) is 32.8 Å². The van der Waals surface area contributed by atoms with Crippen molar-refractivity contribution in [3.05, 3.63) is 23.9 Å². The smallest absolute Gasteiger partial charge is 0.312 e. The average Bonchev–Trinajstić information content (AvgIpc) is 2.15. The summed E-state index contributed by atoms with van der Waals surface area (Å²) >= 11 is 0. The zero-order chi connectivity index (χ0) is 12.2. The van der Waals surface area contributed by atoms with Crippen LogP contribution >= 0.6 is 0 Å². The predicted molar refractivity (Wildman–Crippen MR) is 60.3 cm³/mol. The van der Waals surface area contributed by atoms with Gasteiger partial charge in [-0.2, -0.15) is 0 Å². The van der Waals surface area contributed by atoms with Crippen LogP contribution in [0.1, 0.15) is 26.5 Å². The molecule has 0 unspecified atom stereocenters. The number of rotatable bonds is 3. The molecular weight excluding hydrogens is 206 g/mol. The number of ether oxygens (including phenoxy) is 2. The lowest BCUT2D eigenvalue weighted by Gasteiger charge is -2.19. The number of hydrogen-bond donors (Lipinski definition) is 0. The van der Waals surface area contributed by atoms with Gasteiger partial charge < -0.3 is 9.47 Å². The fourth-order valence-corrected chi connectivity index (χ4v) is 1.20. The van der Waals surface area contributed by atoms with Crippen LogP contribution in [0.25, 0.3) is 0 Å². The number of esters is 1. The molecule has 0 aliphatic heterocycles. The van der Waals surface area contributed by atoms with E-state index in [1.807, 2.05) is 20.8 Å². The van der Waals surface area contributed by atoms with Crippen LogP contribution in [0.4, 0.5) is 0 Å². The number of methoxy groups -OCH3 is 1. The molecule has 0 radical (unpaired) electrons. The minimum absolute atomic E-state index is 0.161. The van der Waals surface area contributed by atoms with Gasteiger partial charge in [0.15, 0.2) is 0 Å². The summed E-state index contributed by atoms with van der Waals surface area (Å²) in [6, 6.07) is 5.30. The molecule has 0 aromatic carbocycles. The number of nitrogens with zero attached hydrogens (tertiary/aromatic N) is 1. The van der Waals surface area contributed by atoms with Gasteiger partial charge in [-0.25, -0.2) is 4.98 Å². The first-order valence-electron chi connectivity index (χ1n) is 5.12. The highest BCUT2D eigenvalue weighted by Crippen LogP contribution is 2.11. The fraction of sp³-hybridized carbons (Fsp3) is 0.500. The van der Waals surface area contributed by atoms with E-state index in [4.69, 9.17) is 9.47 Å². The van der Waals surface area contributed by atoms with Gasteiger partial charge in [-0.05, 0) is 26.8 Å². The van der Waals surface area contributed by atoms with E-state index in [1.54, 1.807) is 25.3 Å². The Bertz CT molecular complexity index is 369. The van der Waals surface area contributed by atoms with E-state index in [0.717, 1.165) is 0 Å². The number of carbonyl (C=O) groups is 1. The molecule has 4 heteroatoms. The third-order valence-electron chi connectivity index (χ3n) is 1.74. The highest BCUT2D eigenvalue weighted by molar-refractivity contribution is 5.72. The molecule has 0 bridgehead atoms. The van der Waals surface area contributed by atoms with E-state index in [2.05, 4.69) is 4.98 Å². The van der Waals surface area contributed by atoms with Crippen LogP contribution in [0.3, 0.4) is 0 Å². The quantitative estimate of drug-likeness (QED) is 0.735. The highest BCUT2D eigenvalue weighted by atomic mass is 16.6. The van der Waals surface area contributed by atoms with E-state index >= 15 is 0 Å². The van der Waals surface area contributed by atoms with Crippen LogP contribution in [0.15, 0.2) is 18.2 Å². The summed E-state index contributed by atoms with van der Waals surface area (Å²) < 4.78 is 10.2. The summed E-state index contributed by atoms with van der Waals surface area (Å²) in [5, 5.41) is 0. The Morgan fingerprint density at radius 2 is 2.06 bits per heavy atom. The first kappa shape index (κ1) is 12.5. The molecule has 4 nitrogen and oxygen atoms in total. The largest absolute Gasteiger partial charge is 0.481 e. The molecule has 0 N–H and O–H groups in total. The van der Waals surface area contributed by atoms with Crippen LogP contribution in [-0.2, 0) is 16.0 Å². The summed E-state index contributed by atoms with van der Waals surface area (Å²) in [4.78, 5) is 15.7. The summed E-state index contributed by atoms with van der Waals surface area (Å²) in [6.45, 7) is 5.51. The van der Waals surface area contributed by atoms with Gasteiger partial charge in [-0.3, -0.25) is 4.79 Å². The van der Waals surface area contributed by atoms with Crippen LogP contribution in [0.2, 0.25) is 0 Å². The summed E-state index contributed by atoms with van der Waals surface area (Å²) in [5.74, 6) is 0.217. The first-order valence-corrected chi connectivity index (χ1v) is 5.12. The predicted octanol–water partition coefficient (Wildman–Crippen LogP) is 1.97. The normalized spacial score (nSPS) is 11.0. The molecule has 88 valence electrons. The second kappa shape index (κ2) is 4.96. The van der Waals surface area contributed by atoms with Crippen molar-refractivity contribution in [3.63, 3.8) is 0 Å². The van der Waals surface area contributed by atoms with E-state index in [0.29, 0.717) is 11.6 Å². The molecule has 0 amide bonds. The molecule has 0 saturated heterocycles. The van der Waals surface area contributed by atoms with Crippen molar-refractivity contribution in [1.29, 1.82) is 0 Å². The van der Waals surface area contributed by atoms with Gasteiger partial charge in [0, 0.05) is 6.07 Å². The lowest BCUT2D eigenvalue weighted by atomic mass is 10.2. The number of carbonyl (C=O) groups excluding carboxylic acids is 1. The summed E-state index contributed by atoms with van der Waals surface area (Å²) in [6.07, 6.45) is 0.161. The standard InChI is InChI=1S/C12H17NO3/c1-12(2,3)16-11(14)8-9-6-5-7-10(13-9)15-4/h5-7H,8H2,1-4H3. The molecule has 0 saturated carbocycles. The van der Waals surface area contributed by atoms with Gasteiger partial charge in [-0.1, -0.05) is 6.07 Å². The van der Waals surface area contributed by atoms with Crippen LogP contribution in [-0.4, -0.2) is 23.7 Å². The second-order valence-corrected chi connectivity index (χ2v) is 4.43. The van der Waals surface area contributed by atoms with E-state index in [9.17, 15) is 4.79 Å². The van der Waals surface area contributed by atoms with E-state index in [-0.39, 0.29) is 12.4 Å². The van der Waals surface area contributed by atoms with E-state index < -0.39 is 5.60 Å². The van der Waals surface area contributed by atoms with Crippen molar-refractivity contribution in [2.75, 3.05) is 7.11 Å². The number of pyridine rings is 1. The van der Waals surface area contributed by atoms with Crippen molar-refractivity contribution in [2.24, 2.45) is 0 Å². The van der Waals surface area contributed by atoms with Gasteiger partial charge >= 0.3 is 5.97 Å².